The molecule has 0 spiro atoms. The van der Waals surface area contributed by atoms with Gasteiger partial charge in [0.25, 0.3) is 11.4 Å². The van der Waals surface area contributed by atoms with E-state index in [0.29, 0.717) is 26.2 Å². The quantitative estimate of drug-likeness (QED) is 0.589. The second-order valence-corrected chi connectivity index (χ2v) is 5.60. The van der Waals surface area contributed by atoms with E-state index in [2.05, 4.69) is 15.6 Å². The lowest BCUT2D eigenvalue weighted by Gasteiger charge is -2.06. The van der Waals surface area contributed by atoms with Crippen LogP contribution in [0.25, 0.3) is 0 Å². The maximum absolute atomic E-state index is 11.1. The lowest BCUT2D eigenvalue weighted by molar-refractivity contribution is -0.393. The summed E-state index contributed by atoms with van der Waals surface area (Å²) in [6.07, 6.45) is 3.25. The number of anilines is 1. The molecule has 0 bridgehead atoms. The van der Waals surface area contributed by atoms with Crippen molar-refractivity contribution >= 4 is 17.1 Å². The summed E-state index contributed by atoms with van der Waals surface area (Å²) >= 11 is 0. The zero-order valence-corrected chi connectivity index (χ0v) is 13.2. The molecule has 0 aliphatic carbocycles. The predicted octanol–water partition coefficient (Wildman–Crippen LogP) is 1.71. The van der Waals surface area contributed by atoms with Gasteiger partial charge in [0.2, 0.25) is 0 Å². The molecule has 1 aliphatic rings. The van der Waals surface area contributed by atoms with Crippen molar-refractivity contribution in [2.45, 2.75) is 18.9 Å². The summed E-state index contributed by atoms with van der Waals surface area (Å²) in [5.41, 5.74) is 0.330. The molecule has 1 aliphatic heterocycles. The molecule has 132 valence electrons. The monoisotopic (exact) mass is 348 g/mol. The van der Waals surface area contributed by atoms with Gasteiger partial charge in [0, 0.05) is 31.8 Å². The Hall–Kier alpha value is -3.08. The summed E-state index contributed by atoms with van der Waals surface area (Å²) in [6, 6.07) is 3.71. The van der Waals surface area contributed by atoms with Crippen LogP contribution in [0.4, 0.5) is 17.1 Å². The Morgan fingerprint density at radius 2 is 2.16 bits per heavy atom. The van der Waals surface area contributed by atoms with E-state index >= 15 is 0 Å². The van der Waals surface area contributed by atoms with Crippen LogP contribution in [0, 0.1) is 20.2 Å². The zero-order valence-electron chi connectivity index (χ0n) is 13.2. The third-order valence-corrected chi connectivity index (χ3v) is 3.92. The first-order chi connectivity index (χ1) is 12.0. The molecule has 0 amide bonds. The summed E-state index contributed by atoms with van der Waals surface area (Å²) < 4.78 is 7.08. The van der Waals surface area contributed by atoms with E-state index < -0.39 is 9.85 Å². The molecule has 11 heteroatoms. The van der Waals surface area contributed by atoms with E-state index in [4.69, 9.17) is 4.74 Å². The Morgan fingerprint density at radius 3 is 2.84 bits per heavy atom. The van der Waals surface area contributed by atoms with E-state index in [9.17, 15) is 20.2 Å². The van der Waals surface area contributed by atoms with Gasteiger partial charge < -0.3 is 10.1 Å². The highest BCUT2D eigenvalue weighted by Gasteiger charge is 2.20. The average molecular weight is 348 g/mol. The number of rotatable bonds is 7. The molecule has 1 saturated heterocycles. The van der Waals surface area contributed by atoms with Crippen LogP contribution in [-0.4, -0.2) is 44.6 Å². The van der Waals surface area contributed by atoms with E-state index in [-0.39, 0.29) is 23.1 Å². The van der Waals surface area contributed by atoms with Crippen molar-refractivity contribution in [2.24, 2.45) is 0 Å². The van der Waals surface area contributed by atoms with Crippen LogP contribution in [-0.2, 0) is 11.2 Å². The Bertz CT molecular complexity index is 786. The molecule has 2 aromatic rings. The van der Waals surface area contributed by atoms with E-state index in [1.807, 2.05) is 6.20 Å². The number of nitro groups is 2. The second kappa shape index (κ2) is 7.21. The number of nitro benzene ring substituents is 2. The van der Waals surface area contributed by atoms with Gasteiger partial charge >= 0.3 is 0 Å². The summed E-state index contributed by atoms with van der Waals surface area (Å²) in [4.78, 5) is 20.5. The number of hydrogen-bond acceptors (Lipinski definition) is 8. The minimum Gasteiger partial charge on any atom is -0.379 e. The summed E-state index contributed by atoms with van der Waals surface area (Å²) in [5, 5.41) is 32.9. The highest BCUT2D eigenvalue weighted by molar-refractivity contribution is 5.65. The fraction of sp³-hybridized carbons (Fsp3) is 0.429. The third-order valence-electron chi connectivity index (χ3n) is 3.92. The van der Waals surface area contributed by atoms with Crippen LogP contribution >= 0.6 is 0 Å². The van der Waals surface area contributed by atoms with Crippen LogP contribution in [0.3, 0.4) is 0 Å². The lowest BCUT2D eigenvalue weighted by atomic mass is 10.2. The van der Waals surface area contributed by atoms with Gasteiger partial charge in [-0.2, -0.15) is 0 Å². The summed E-state index contributed by atoms with van der Waals surface area (Å²) in [5.74, 6) is 0. The first-order valence-electron chi connectivity index (χ1n) is 7.70. The lowest BCUT2D eigenvalue weighted by Crippen LogP contribution is -2.09. The fourth-order valence-electron chi connectivity index (χ4n) is 2.60. The number of nitrogens with zero attached hydrogens (tertiary/aromatic N) is 5. The van der Waals surface area contributed by atoms with Gasteiger partial charge in [0.1, 0.15) is 5.69 Å². The summed E-state index contributed by atoms with van der Waals surface area (Å²) in [6.45, 7) is 1.72. The van der Waals surface area contributed by atoms with Gasteiger partial charge in [-0.3, -0.25) is 20.2 Å². The minimum absolute atomic E-state index is 0.199. The second-order valence-electron chi connectivity index (χ2n) is 5.60. The van der Waals surface area contributed by atoms with Gasteiger partial charge in [-0.05, 0) is 12.5 Å². The largest absolute Gasteiger partial charge is 0.379 e. The Morgan fingerprint density at radius 1 is 1.32 bits per heavy atom. The molecule has 3 rings (SSSR count). The smallest absolute Gasteiger partial charge is 0.299 e. The van der Waals surface area contributed by atoms with Gasteiger partial charge in [0.05, 0.1) is 34.3 Å². The molecule has 25 heavy (non-hydrogen) atoms. The van der Waals surface area contributed by atoms with Crippen LogP contribution < -0.4 is 5.32 Å². The molecular weight excluding hydrogens is 332 g/mol. The molecule has 0 radical (unpaired) electrons. The first kappa shape index (κ1) is 16.8. The van der Waals surface area contributed by atoms with E-state index in [1.54, 1.807) is 4.68 Å². The fourth-order valence-corrected chi connectivity index (χ4v) is 2.60. The molecular formula is C14H16N6O5. The molecule has 2 heterocycles. The van der Waals surface area contributed by atoms with Gasteiger partial charge in [-0.25, -0.2) is 4.68 Å². The molecule has 11 nitrogen and oxygen atoms in total. The zero-order chi connectivity index (χ0) is 17.8. The van der Waals surface area contributed by atoms with Crippen molar-refractivity contribution in [3.05, 3.63) is 50.3 Å². The molecule has 1 unspecified atom stereocenters. The van der Waals surface area contributed by atoms with Gasteiger partial charge in [-0.15, -0.1) is 5.10 Å². The number of aromatic nitrogens is 3. The normalized spacial score (nSPS) is 16.7. The Labute approximate surface area is 141 Å². The standard InChI is InChI=1S/C14H16N6O5/c21-19(22)11-1-2-13(14(7-11)20(23)24)15-5-3-10-8-18(17-16-10)12-4-6-25-9-12/h1-2,7-8,12,15H,3-6,9H2. The molecule has 1 aromatic carbocycles. The minimum atomic E-state index is -0.665. The number of benzene rings is 1. The SMILES string of the molecule is O=[N+]([O-])c1ccc(NCCc2cn(C3CCOC3)nn2)c([N+](=O)[O-])c1. The predicted molar refractivity (Wildman–Crippen MR) is 86.4 cm³/mol. The topological polar surface area (TPSA) is 138 Å². The molecule has 1 atom stereocenters. The van der Waals surface area contributed by atoms with Crippen molar-refractivity contribution in [1.29, 1.82) is 0 Å². The van der Waals surface area contributed by atoms with Crippen molar-refractivity contribution < 1.29 is 14.6 Å². The van der Waals surface area contributed by atoms with Gasteiger partial charge in [-0.1, -0.05) is 5.21 Å². The maximum Gasteiger partial charge on any atom is 0.299 e. The number of hydrogen-bond donors (Lipinski definition) is 1. The molecule has 0 saturated carbocycles. The number of nitrogens with one attached hydrogen (secondary N) is 1. The Balaban J connectivity index is 1.62. The number of non-ortho nitro benzene ring substituents is 1. The van der Waals surface area contributed by atoms with E-state index in [0.717, 1.165) is 18.2 Å². The highest BCUT2D eigenvalue weighted by atomic mass is 16.6. The van der Waals surface area contributed by atoms with Crippen LogP contribution in [0.1, 0.15) is 18.2 Å². The summed E-state index contributed by atoms with van der Waals surface area (Å²) in [7, 11) is 0. The first-order valence-corrected chi connectivity index (χ1v) is 7.70. The van der Waals surface area contributed by atoms with Crippen molar-refractivity contribution in [3.63, 3.8) is 0 Å². The van der Waals surface area contributed by atoms with Crippen molar-refractivity contribution in [3.8, 4) is 0 Å². The van der Waals surface area contributed by atoms with Crippen LogP contribution in [0.15, 0.2) is 24.4 Å². The maximum atomic E-state index is 11.1. The molecule has 1 N–H and O–H groups in total. The highest BCUT2D eigenvalue weighted by Crippen LogP contribution is 2.28. The molecule has 1 fully saturated rings. The Kier molecular flexibility index (Phi) is 4.84. The molecule has 1 aromatic heterocycles. The van der Waals surface area contributed by atoms with Crippen molar-refractivity contribution in [2.75, 3.05) is 25.1 Å². The van der Waals surface area contributed by atoms with Gasteiger partial charge in [0.15, 0.2) is 0 Å². The average Bonchev–Trinajstić information content (AvgIpc) is 3.26. The van der Waals surface area contributed by atoms with E-state index in [1.165, 1.54) is 12.1 Å². The van der Waals surface area contributed by atoms with Crippen LogP contribution in [0.2, 0.25) is 0 Å². The van der Waals surface area contributed by atoms with Crippen molar-refractivity contribution in [1.82, 2.24) is 15.0 Å². The third kappa shape index (κ3) is 3.88. The number of ether oxygens (including phenoxy) is 1. The van der Waals surface area contributed by atoms with Crippen LogP contribution in [0.5, 0.6) is 0 Å².